The van der Waals surface area contributed by atoms with Crippen LogP contribution in [-0.4, -0.2) is 22.1 Å². The van der Waals surface area contributed by atoms with Crippen molar-refractivity contribution in [2.24, 2.45) is 0 Å². The van der Waals surface area contributed by atoms with Crippen molar-refractivity contribution >= 4 is 51.5 Å². The van der Waals surface area contributed by atoms with Crippen molar-refractivity contribution < 1.29 is 4.74 Å². The number of methoxy groups -OCH3 is 1. The Morgan fingerprint density at radius 2 is 2.18 bits per heavy atom. The monoisotopic (exact) mass is 366 g/mol. The van der Waals surface area contributed by atoms with Crippen LogP contribution in [0.15, 0.2) is 29.8 Å². The van der Waals surface area contributed by atoms with Gasteiger partial charge >= 0.3 is 0 Å². The first-order chi connectivity index (χ1) is 10.6. The number of thiocarbonyl (C=S) groups is 1. The summed E-state index contributed by atoms with van der Waals surface area (Å²) in [7, 11) is 1.59. The van der Waals surface area contributed by atoms with Gasteiger partial charge in [-0.3, -0.25) is 0 Å². The second-order valence-electron chi connectivity index (χ2n) is 4.45. The Kier molecular flexibility index (Phi) is 4.54. The molecule has 0 saturated carbocycles. The molecule has 3 heterocycles. The van der Waals surface area contributed by atoms with Gasteiger partial charge in [0.25, 0.3) is 0 Å². The molecule has 0 spiro atoms. The summed E-state index contributed by atoms with van der Waals surface area (Å²) in [4.78, 5) is 10.9. The van der Waals surface area contributed by atoms with E-state index < -0.39 is 0 Å². The molecule has 0 unspecified atom stereocenters. The van der Waals surface area contributed by atoms with Crippen LogP contribution < -0.4 is 0 Å². The van der Waals surface area contributed by atoms with E-state index in [9.17, 15) is 0 Å². The summed E-state index contributed by atoms with van der Waals surface area (Å²) in [5.74, 6) is 0. The number of thiazole rings is 1. The standard InChI is InChI=1S/C15H11ClN2OS3/c1-8-10(6-12(22-8)15(20)19-2)14-18-11(7-21-14)9-4-3-5-17-13(9)16/h3-7H,1-2H3. The van der Waals surface area contributed by atoms with E-state index in [4.69, 9.17) is 28.6 Å². The van der Waals surface area contributed by atoms with Gasteiger partial charge in [0.15, 0.2) is 0 Å². The number of rotatable bonds is 3. The van der Waals surface area contributed by atoms with Crippen molar-refractivity contribution in [3.8, 4) is 21.8 Å². The lowest BCUT2D eigenvalue weighted by Crippen LogP contribution is -1.94. The number of ether oxygens (including phenoxy) is 1. The second kappa shape index (κ2) is 6.42. The largest absolute Gasteiger partial charge is 0.486 e. The van der Waals surface area contributed by atoms with Crippen LogP contribution in [0, 0.1) is 6.92 Å². The van der Waals surface area contributed by atoms with E-state index >= 15 is 0 Å². The van der Waals surface area contributed by atoms with Gasteiger partial charge in [-0.2, -0.15) is 0 Å². The lowest BCUT2D eigenvalue weighted by molar-refractivity contribution is 0.417. The summed E-state index contributed by atoms with van der Waals surface area (Å²) in [5, 5.41) is 3.90. The number of aryl methyl sites for hydroxylation is 1. The summed E-state index contributed by atoms with van der Waals surface area (Å²) in [6.45, 7) is 2.06. The van der Waals surface area contributed by atoms with Gasteiger partial charge in [-0.05, 0) is 37.3 Å². The fraction of sp³-hybridized carbons (Fsp3) is 0.133. The highest BCUT2D eigenvalue weighted by atomic mass is 35.5. The van der Waals surface area contributed by atoms with Crippen LogP contribution in [0.1, 0.15) is 9.75 Å². The molecule has 3 rings (SSSR count). The predicted molar refractivity (Wildman–Crippen MR) is 97.1 cm³/mol. The summed E-state index contributed by atoms with van der Waals surface area (Å²) in [6, 6.07) is 5.80. The second-order valence-corrected chi connectivity index (χ2v) is 7.29. The number of hydrogen-bond donors (Lipinski definition) is 0. The molecule has 112 valence electrons. The van der Waals surface area contributed by atoms with Gasteiger partial charge in [0.1, 0.15) is 10.2 Å². The Bertz CT molecular complexity index is 841. The average molecular weight is 367 g/mol. The van der Waals surface area contributed by atoms with Gasteiger partial charge < -0.3 is 4.74 Å². The van der Waals surface area contributed by atoms with Crippen LogP contribution in [-0.2, 0) is 4.74 Å². The molecule has 0 bridgehead atoms. The summed E-state index contributed by atoms with van der Waals surface area (Å²) >= 11 is 14.5. The third-order valence-electron chi connectivity index (χ3n) is 3.07. The maximum absolute atomic E-state index is 6.13. The molecule has 0 aromatic carbocycles. The summed E-state index contributed by atoms with van der Waals surface area (Å²) in [5.41, 5.74) is 2.75. The molecule has 0 aliphatic carbocycles. The van der Waals surface area contributed by atoms with Crippen molar-refractivity contribution in [2.75, 3.05) is 7.11 Å². The van der Waals surface area contributed by atoms with Gasteiger partial charge in [-0.25, -0.2) is 9.97 Å². The Hall–Kier alpha value is -1.34. The van der Waals surface area contributed by atoms with Gasteiger partial charge in [-0.15, -0.1) is 22.7 Å². The van der Waals surface area contributed by atoms with E-state index in [1.54, 1.807) is 36.0 Å². The molecule has 22 heavy (non-hydrogen) atoms. The number of thiophene rings is 1. The Morgan fingerprint density at radius 3 is 2.91 bits per heavy atom. The first-order valence-electron chi connectivity index (χ1n) is 6.35. The van der Waals surface area contributed by atoms with Crippen LogP contribution in [0.2, 0.25) is 5.15 Å². The lowest BCUT2D eigenvalue weighted by Gasteiger charge is -1.98. The van der Waals surface area contributed by atoms with E-state index in [2.05, 4.69) is 16.9 Å². The summed E-state index contributed by atoms with van der Waals surface area (Å²) in [6.07, 6.45) is 1.67. The highest BCUT2D eigenvalue weighted by Gasteiger charge is 2.15. The maximum Gasteiger partial charge on any atom is 0.201 e. The highest BCUT2D eigenvalue weighted by molar-refractivity contribution is 7.80. The average Bonchev–Trinajstić information content (AvgIpc) is 3.13. The van der Waals surface area contributed by atoms with Crippen LogP contribution in [0.25, 0.3) is 21.8 Å². The minimum Gasteiger partial charge on any atom is -0.486 e. The smallest absolute Gasteiger partial charge is 0.201 e. The third-order valence-corrected chi connectivity index (χ3v) is 5.82. The Morgan fingerprint density at radius 1 is 1.36 bits per heavy atom. The molecule has 3 aromatic rings. The number of hydrogen-bond acceptors (Lipinski definition) is 6. The van der Waals surface area contributed by atoms with E-state index in [-0.39, 0.29) is 0 Å². The molecule has 0 N–H and O–H groups in total. The predicted octanol–water partition coefficient (Wildman–Crippen LogP) is 5.22. The number of pyridine rings is 1. The minimum absolute atomic E-state index is 0.461. The quantitative estimate of drug-likeness (QED) is 0.470. The zero-order valence-electron chi connectivity index (χ0n) is 11.8. The van der Waals surface area contributed by atoms with Crippen molar-refractivity contribution in [1.82, 2.24) is 9.97 Å². The first-order valence-corrected chi connectivity index (χ1v) is 8.84. The Labute approximate surface area is 146 Å². The maximum atomic E-state index is 6.13. The molecule has 7 heteroatoms. The van der Waals surface area contributed by atoms with Gasteiger partial charge in [0.2, 0.25) is 5.05 Å². The Balaban J connectivity index is 2.00. The number of halogens is 1. The fourth-order valence-corrected chi connectivity index (χ4v) is 4.29. The topological polar surface area (TPSA) is 35.0 Å². The van der Waals surface area contributed by atoms with E-state index in [0.717, 1.165) is 31.6 Å². The van der Waals surface area contributed by atoms with Crippen LogP contribution in [0.3, 0.4) is 0 Å². The number of aromatic nitrogens is 2. The first kappa shape index (κ1) is 15.6. The lowest BCUT2D eigenvalue weighted by atomic mass is 10.2. The third kappa shape index (κ3) is 2.92. The van der Waals surface area contributed by atoms with Crippen molar-refractivity contribution in [3.63, 3.8) is 0 Å². The molecule has 0 aliphatic heterocycles. The van der Waals surface area contributed by atoms with Crippen molar-refractivity contribution in [3.05, 3.63) is 44.7 Å². The van der Waals surface area contributed by atoms with Gasteiger partial charge in [-0.1, -0.05) is 11.6 Å². The van der Waals surface area contributed by atoms with Gasteiger partial charge in [0.05, 0.1) is 17.7 Å². The molecule has 0 atom stereocenters. The zero-order chi connectivity index (χ0) is 15.7. The molecule has 3 aromatic heterocycles. The molecule has 0 fully saturated rings. The molecule has 0 aliphatic rings. The van der Waals surface area contributed by atoms with Crippen LogP contribution >= 0.6 is 46.5 Å². The van der Waals surface area contributed by atoms with E-state index in [0.29, 0.717) is 10.2 Å². The molecule has 0 radical (unpaired) electrons. The molecular formula is C15H11ClN2OS3. The van der Waals surface area contributed by atoms with Crippen molar-refractivity contribution in [2.45, 2.75) is 6.92 Å². The normalized spacial score (nSPS) is 10.7. The van der Waals surface area contributed by atoms with E-state index in [1.165, 1.54) is 0 Å². The van der Waals surface area contributed by atoms with Crippen molar-refractivity contribution in [1.29, 1.82) is 0 Å². The molecule has 0 amide bonds. The summed E-state index contributed by atoms with van der Waals surface area (Å²) < 4.78 is 5.13. The fourth-order valence-electron chi connectivity index (χ4n) is 1.99. The zero-order valence-corrected chi connectivity index (χ0v) is 15.0. The SMILES string of the molecule is COC(=S)c1cc(-c2nc(-c3cccnc3Cl)cs2)c(C)s1. The molecule has 0 saturated heterocycles. The molecule has 3 nitrogen and oxygen atoms in total. The van der Waals surface area contributed by atoms with Crippen LogP contribution in [0.4, 0.5) is 0 Å². The van der Waals surface area contributed by atoms with E-state index in [1.807, 2.05) is 23.6 Å². The highest BCUT2D eigenvalue weighted by Crippen LogP contribution is 2.36. The number of nitrogens with zero attached hydrogens (tertiary/aromatic N) is 2. The van der Waals surface area contributed by atoms with Crippen LogP contribution in [0.5, 0.6) is 0 Å². The molecular weight excluding hydrogens is 356 g/mol. The van der Waals surface area contributed by atoms with Gasteiger partial charge in [0, 0.05) is 27.6 Å². The minimum atomic E-state index is 0.461.